The van der Waals surface area contributed by atoms with Gasteiger partial charge in [0.15, 0.2) is 0 Å². The second kappa shape index (κ2) is 4.83. The van der Waals surface area contributed by atoms with Crippen molar-refractivity contribution >= 4 is 11.9 Å². The SMILES string of the molecule is CN(CCC(=O)O)C(=O)CC(F)(F)F. The first-order chi connectivity index (χ1) is 6.22. The third-order valence-electron chi connectivity index (χ3n) is 1.44. The van der Waals surface area contributed by atoms with Crippen molar-refractivity contribution in [1.82, 2.24) is 4.90 Å². The van der Waals surface area contributed by atoms with Crippen LogP contribution in [0.15, 0.2) is 0 Å². The molecule has 0 aliphatic rings. The molecule has 0 bridgehead atoms. The molecule has 14 heavy (non-hydrogen) atoms. The van der Waals surface area contributed by atoms with E-state index in [4.69, 9.17) is 5.11 Å². The van der Waals surface area contributed by atoms with Crippen LogP contribution in [-0.4, -0.2) is 41.7 Å². The number of hydrogen-bond donors (Lipinski definition) is 1. The second-order valence-corrected chi connectivity index (χ2v) is 2.75. The molecule has 0 aromatic rings. The molecule has 4 nitrogen and oxygen atoms in total. The number of carbonyl (C=O) groups excluding carboxylic acids is 1. The summed E-state index contributed by atoms with van der Waals surface area (Å²) in [5.74, 6) is -2.28. The van der Waals surface area contributed by atoms with Crippen molar-refractivity contribution in [1.29, 1.82) is 0 Å². The molecular weight excluding hydrogens is 203 g/mol. The van der Waals surface area contributed by atoms with E-state index in [-0.39, 0.29) is 13.0 Å². The van der Waals surface area contributed by atoms with Gasteiger partial charge in [0, 0.05) is 13.6 Å². The van der Waals surface area contributed by atoms with E-state index in [2.05, 4.69) is 0 Å². The van der Waals surface area contributed by atoms with E-state index < -0.39 is 24.5 Å². The number of nitrogens with zero attached hydrogens (tertiary/aromatic N) is 1. The van der Waals surface area contributed by atoms with Crippen LogP contribution in [0.3, 0.4) is 0 Å². The molecule has 1 N–H and O–H groups in total. The summed E-state index contributed by atoms with van der Waals surface area (Å²) < 4.78 is 35.1. The van der Waals surface area contributed by atoms with E-state index in [0.29, 0.717) is 0 Å². The summed E-state index contributed by atoms with van der Waals surface area (Å²) in [5, 5.41) is 8.22. The lowest BCUT2D eigenvalue weighted by molar-refractivity contribution is -0.160. The molecule has 0 unspecified atom stereocenters. The summed E-state index contributed by atoms with van der Waals surface area (Å²) in [5.41, 5.74) is 0. The predicted octanol–water partition coefficient (Wildman–Crippen LogP) is 0.872. The molecule has 0 aromatic carbocycles. The molecule has 1 amide bonds. The number of carboxylic acids is 1. The molecule has 0 atom stereocenters. The fraction of sp³-hybridized carbons (Fsp3) is 0.714. The molecular formula is C7H10F3NO3. The van der Waals surface area contributed by atoms with Gasteiger partial charge in [-0.05, 0) is 0 Å². The van der Waals surface area contributed by atoms with Gasteiger partial charge in [-0.25, -0.2) is 0 Å². The fourth-order valence-corrected chi connectivity index (χ4v) is 0.694. The van der Waals surface area contributed by atoms with Crippen LogP contribution < -0.4 is 0 Å². The molecule has 0 heterocycles. The molecule has 82 valence electrons. The molecule has 7 heteroatoms. The van der Waals surface area contributed by atoms with Gasteiger partial charge >= 0.3 is 12.1 Å². The Labute approximate surface area is 78.3 Å². The van der Waals surface area contributed by atoms with Crippen LogP contribution in [0.5, 0.6) is 0 Å². The molecule has 0 saturated heterocycles. The average Bonchev–Trinajstić information content (AvgIpc) is 1.96. The van der Waals surface area contributed by atoms with E-state index in [1.54, 1.807) is 0 Å². The van der Waals surface area contributed by atoms with Gasteiger partial charge < -0.3 is 10.0 Å². The molecule has 0 aromatic heterocycles. The van der Waals surface area contributed by atoms with Crippen LogP contribution in [-0.2, 0) is 9.59 Å². The number of carbonyl (C=O) groups is 2. The Morgan fingerprint density at radius 2 is 1.86 bits per heavy atom. The number of amides is 1. The summed E-state index contributed by atoms with van der Waals surface area (Å²) in [6.45, 7) is -0.218. The van der Waals surface area contributed by atoms with Crippen LogP contribution in [0, 0.1) is 0 Å². The summed E-state index contributed by atoms with van der Waals surface area (Å²) in [6, 6.07) is 0. The highest BCUT2D eigenvalue weighted by Gasteiger charge is 2.32. The molecule has 0 aliphatic heterocycles. The Morgan fingerprint density at radius 1 is 1.36 bits per heavy atom. The van der Waals surface area contributed by atoms with Gasteiger partial charge in [-0.2, -0.15) is 13.2 Å². The molecule has 0 spiro atoms. The lowest BCUT2D eigenvalue weighted by atomic mass is 10.3. The summed E-state index contributed by atoms with van der Waals surface area (Å²) in [6.07, 6.45) is -6.46. The van der Waals surface area contributed by atoms with E-state index in [1.807, 2.05) is 0 Å². The zero-order valence-electron chi connectivity index (χ0n) is 7.47. The van der Waals surface area contributed by atoms with Gasteiger partial charge in [0.1, 0.15) is 6.42 Å². The smallest absolute Gasteiger partial charge is 0.397 e. The van der Waals surface area contributed by atoms with Gasteiger partial charge in [0.25, 0.3) is 0 Å². The first-order valence-corrected chi connectivity index (χ1v) is 3.75. The Balaban J connectivity index is 3.94. The van der Waals surface area contributed by atoms with Crippen molar-refractivity contribution in [2.24, 2.45) is 0 Å². The molecule has 0 rings (SSSR count). The largest absolute Gasteiger partial charge is 0.481 e. The summed E-state index contributed by atoms with van der Waals surface area (Å²) in [4.78, 5) is 21.6. The quantitative estimate of drug-likeness (QED) is 0.753. The van der Waals surface area contributed by atoms with Crippen LogP contribution in [0.2, 0.25) is 0 Å². The third-order valence-corrected chi connectivity index (χ3v) is 1.44. The van der Waals surface area contributed by atoms with Crippen molar-refractivity contribution in [3.8, 4) is 0 Å². The second-order valence-electron chi connectivity index (χ2n) is 2.75. The predicted molar refractivity (Wildman–Crippen MR) is 40.6 cm³/mol. The zero-order chi connectivity index (χ0) is 11.4. The van der Waals surface area contributed by atoms with Crippen LogP contribution in [0.1, 0.15) is 12.8 Å². The number of carboxylic acid groups (broad SMARTS) is 1. The van der Waals surface area contributed by atoms with Gasteiger partial charge in [0.2, 0.25) is 5.91 Å². The number of hydrogen-bond acceptors (Lipinski definition) is 2. The van der Waals surface area contributed by atoms with Gasteiger partial charge in [-0.15, -0.1) is 0 Å². The number of halogens is 3. The van der Waals surface area contributed by atoms with Crippen molar-refractivity contribution in [3.05, 3.63) is 0 Å². The van der Waals surface area contributed by atoms with E-state index in [1.165, 1.54) is 0 Å². The molecule has 0 fully saturated rings. The van der Waals surface area contributed by atoms with Gasteiger partial charge in [0.05, 0.1) is 6.42 Å². The number of aliphatic carboxylic acids is 1. The van der Waals surface area contributed by atoms with Gasteiger partial charge in [-0.1, -0.05) is 0 Å². The fourth-order valence-electron chi connectivity index (χ4n) is 0.694. The maximum Gasteiger partial charge on any atom is 0.397 e. The Morgan fingerprint density at radius 3 is 2.21 bits per heavy atom. The zero-order valence-corrected chi connectivity index (χ0v) is 7.47. The first-order valence-electron chi connectivity index (χ1n) is 3.75. The van der Waals surface area contributed by atoms with E-state index in [9.17, 15) is 22.8 Å². The third kappa shape index (κ3) is 6.27. The highest BCUT2D eigenvalue weighted by Crippen LogP contribution is 2.20. The van der Waals surface area contributed by atoms with Crippen LogP contribution in [0.25, 0.3) is 0 Å². The molecule has 0 aliphatic carbocycles. The van der Waals surface area contributed by atoms with Crippen LogP contribution in [0.4, 0.5) is 13.2 Å². The summed E-state index contributed by atoms with van der Waals surface area (Å²) in [7, 11) is 1.14. The summed E-state index contributed by atoms with van der Waals surface area (Å²) >= 11 is 0. The standard InChI is InChI=1S/C7H10F3NO3/c1-11(3-2-6(13)14)5(12)4-7(8,9)10/h2-4H2,1H3,(H,13,14). The Hall–Kier alpha value is -1.27. The van der Waals surface area contributed by atoms with Crippen molar-refractivity contribution < 1.29 is 27.9 Å². The van der Waals surface area contributed by atoms with E-state index >= 15 is 0 Å². The number of rotatable bonds is 4. The lowest BCUT2D eigenvalue weighted by Crippen LogP contribution is -2.32. The van der Waals surface area contributed by atoms with Crippen molar-refractivity contribution in [2.45, 2.75) is 19.0 Å². The minimum Gasteiger partial charge on any atom is -0.481 e. The average molecular weight is 213 g/mol. The van der Waals surface area contributed by atoms with Crippen LogP contribution >= 0.6 is 0 Å². The Kier molecular flexibility index (Phi) is 4.39. The monoisotopic (exact) mass is 213 g/mol. The minimum absolute atomic E-state index is 0.218. The Bertz CT molecular complexity index is 227. The highest BCUT2D eigenvalue weighted by atomic mass is 19.4. The van der Waals surface area contributed by atoms with Crippen molar-refractivity contribution in [3.63, 3.8) is 0 Å². The maximum atomic E-state index is 11.7. The molecule has 0 saturated carbocycles. The molecule has 0 radical (unpaired) electrons. The normalized spacial score (nSPS) is 11.1. The topological polar surface area (TPSA) is 57.6 Å². The van der Waals surface area contributed by atoms with Crippen molar-refractivity contribution in [2.75, 3.05) is 13.6 Å². The highest BCUT2D eigenvalue weighted by molar-refractivity contribution is 5.77. The first kappa shape index (κ1) is 12.7. The van der Waals surface area contributed by atoms with Gasteiger partial charge in [-0.3, -0.25) is 9.59 Å². The minimum atomic E-state index is -4.55. The number of alkyl halides is 3. The lowest BCUT2D eigenvalue weighted by Gasteiger charge is -2.16. The van der Waals surface area contributed by atoms with E-state index in [0.717, 1.165) is 11.9 Å². The maximum absolute atomic E-state index is 11.7.